The van der Waals surface area contributed by atoms with Gasteiger partial charge < -0.3 is 26.0 Å². The molecule has 3 rings (SSSR count). The molecule has 1 radical (unpaired) electrons. The molecule has 3 unspecified atom stereocenters. The number of ether oxygens (including phenoxy) is 1. The number of aromatic nitrogens is 1. The fourth-order valence-electron chi connectivity index (χ4n) is 3.25. The number of halogens is 3. The Bertz CT molecular complexity index is 570. The van der Waals surface area contributed by atoms with Crippen LogP contribution in [-0.2, 0) is 4.74 Å². The van der Waals surface area contributed by atoms with E-state index in [9.17, 15) is 13.2 Å². The van der Waals surface area contributed by atoms with Crippen molar-refractivity contribution in [1.82, 2.24) is 4.98 Å². The lowest BCUT2D eigenvalue weighted by Crippen LogP contribution is -2.51. The van der Waals surface area contributed by atoms with Gasteiger partial charge >= 0.3 is 6.18 Å². The molecule has 2 fully saturated rings. The van der Waals surface area contributed by atoms with Crippen LogP contribution in [0.3, 0.4) is 0 Å². The van der Waals surface area contributed by atoms with Gasteiger partial charge in [-0.05, 0) is 12.5 Å². The van der Waals surface area contributed by atoms with Crippen molar-refractivity contribution in [3.8, 4) is 0 Å². The lowest BCUT2D eigenvalue weighted by atomic mass is 9.93. The van der Waals surface area contributed by atoms with Gasteiger partial charge in [-0.15, -0.1) is 0 Å². The number of nitrogens with two attached hydrogens (primary N) is 2. The Morgan fingerprint density at radius 3 is 2.62 bits per heavy atom. The van der Waals surface area contributed by atoms with Crippen LogP contribution in [0.5, 0.6) is 0 Å². The zero-order valence-corrected chi connectivity index (χ0v) is 13.1. The summed E-state index contributed by atoms with van der Waals surface area (Å²) in [4.78, 5) is 7.75. The standard InChI is InChI=1S/C15H21F3N5O/c16-15(17,18)10-5-11(19)8-23(7-10)12-1-2-21-6-13(12)22-3-4-24-14(20)9-22/h1-2,4,6,10-11,14H,3,5,7-9,19-20H2. The van der Waals surface area contributed by atoms with Gasteiger partial charge in [0.25, 0.3) is 0 Å². The molecule has 2 aliphatic heterocycles. The van der Waals surface area contributed by atoms with E-state index in [0.717, 1.165) is 5.69 Å². The molecule has 3 heterocycles. The monoisotopic (exact) mass is 344 g/mol. The van der Waals surface area contributed by atoms with Gasteiger partial charge in [-0.3, -0.25) is 4.98 Å². The van der Waals surface area contributed by atoms with Crippen LogP contribution in [0, 0.1) is 12.5 Å². The third-order valence-corrected chi connectivity index (χ3v) is 4.37. The lowest BCUT2D eigenvalue weighted by molar-refractivity contribution is -0.177. The van der Waals surface area contributed by atoms with Gasteiger partial charge in [0, 0.05) is 31.9 Å². The molecule has 6 nitrogen and oxygen atoms in total. The van der Waals surface area contributed by atoms with Crippen LogP contribution in [0.1, 0.15) is 6.42 Å². The topological polar surface area (TPSA) is 80.6 Å². The van der Waals surface area contributed by atoms with Gasteiger partial charge in [-0.1, -0.05) is 0 Å². The number of pyridine rings is 1. The van der Waals surface area contributed by atoms with E-state index < -0.39 is 24.4 Å². The van der Waals surface area contributed by atoms with Gasteiger partial charge in [0.15, 0.2) is 0 Å². The Morgan fingerprint density at radius 2 is 1.92 bits per heavy atom. The molecule has 0 bridgehead atoms. The van der Waals surface area contributed by atoms with Crippen LogP contribution in [-0.4, -0.2) is 49.6 Å². The maximum atomic E-state index is 13.2. The minimum Gasteiger partial charge on any atom is -0.368 e. The van der Waals surface area contributed by atoms with E-state index in [4.69, 9.17) is 16.2 Å². The van der Waals surface area contributed by atoms with E-state index in [-0.39, 0.29) is 13.0 Å². The average molecular weight is 344 g/mol. The predicted octanol–water partition coefficient (Wildman–Crippen LogP) is 1.08. The molecule has 133 valence electrons. The number of rotatable bonds is 2. The van der Waals surface area contributed by atoms with Crippen LogP contribution in [0.4, 0.5) is 24.5 Å². The van der Waals surface area contributed by atoms with E-state index in [1.165, 1.54) is 0 Å². The van der Waals surface area contributed by atoms with Crippen molar-refractivity contribution in [2.75, 3.05) is 36.0 Å². The molecule has 0 amide bonds. The predicted molar refractivity (Wildman–Crippen MR) is 84.2 cm³/mol. The van der Waals surface area contributed by atoms with E-state index in [1.807, 2.05) is 4.90 Å². The highest BCUT2D eigenvalue weighted by Crippen LogP contribution is 2.37. The van der Waals surface area contributed by atoms with Crippen molar-refractivity contribution in [2.24, 2.45) is 17.4 Å². The summed E-state index contributed by atoms with van der Waals surface area (Å²) in [7, 11) is 0. The fraction of sp³-hybridized carbons (Fsp3) is 0.600. The second-order valence-corrected chi connectivity index (χ2v) is 6.25. The molecule has 9 heteroatoms. The van der Waals surface area contributed by atoms with Crippen LogP contribution in [0.15, 0.2) is 18.5 Å². The second kappa shape index (κ2) is 6.73. The number of nitrogens with zero attached hydrogens (tertiary/aromatic N) is 3. The van der Waals surface area contributed by atoms with Crippen molar-refractivity contribution >= 4 is 11.4 Å². The Labute approximate surface area is 138 Å². The molecule has 0 spiro atoms. The first-order chi connectivity index (χ1) is 11.3. The van der Waals surface area contributed by atoms with Crippen molar-refractivity contribution in [3.63, 3.8) is 0 Å². The van der Waals surface area contributed by atoms with Crippen LogP contribution in [0.25, 0.3) is 0 Å². The first-order valence-corrected chi connectivity index (χ1v) is 7.83. The molecule has 0 aliphatic carbocycles. The summed E-state index contributed by atoms with van der Waals surface area (Å²) in [5.74, 6) is -1.43. The summed E-state index contributed by atoms with van der Waals surface area (Å²) in [6.07, 6.45) is -1.55. The Balaban J connectivity index is 1.86. The molecule has 24 heavy (non-hydrogen) atoms. The normalized spacial score (nSPS) is 29.0. The number of anilines is 2. The van der Waals surface area contributed by atoms with E-state index in [1.54, 1.807) is 30.0 Å². The van der Waals surface area contributed by atoms with Gasteiger partial charge in [0.1, 0.15) is 12.8 Å². The third kappa shape index (κ3) is 3.73. The highest BCUT2D eigenvalue weighted by Gasteiger charge is 2.44. The number of piperidine rings is 1. The molecule has 1 aromatic rings. The SMILES string of the molecule is NC1CC(C(F)(F)F)CN(c2ccncc2N2C[CH]OC(N)C2)C1. The molecular weight excluding hydrogens is 323 g/mol. The minimum atomic E-state index is -4.25. The summed E-state index contributed by atoms with van der Waals surface area (Å²) >= 11 is 0. The van der Waals surface area contributed by atoms with Crippen molar-refractivity contribution in [2.45, 2.75) is 24.9 Å². The number of hydrogen-bond acceptors (Lipinski definition) is 6. The zero-order chi connectivity index (χ0) is 17.3. The zero-order valence-electron chi connectivity index (χ0n) is 13.1. The maximum Gasteiger partial charge on any atom is 0.393 e. The van der Waals surface area contributed by atoms with Gasteiger partial charge in [0.05, 0.1) is 30.0 Å². The number of morpholine rings is 1. The Kier molecular flexibility index (Phi) is 4.84. The molecule has 1 aromatic heterocycles. The molecule has 3 atom stereocenters. The summed E-state index contributed by atoms with van der Waals surface area (Å²) in [6.45, 7) is 2.80. The molecule has 0 saturated carbocycles. The van der Waals surface area contributed by atoms with E-state index in [0.29, 0.717) is 25.3 Å². The quantitative estimate of drug-likeness (QED) is 0.836. The van der Waals surface area contributed by atoms with Crippen molar-refractivity contribution in [1.29, 1.82) is 0 Å². The molecule has 0 aromatic carbocycles. The van der Waals surface area contributed by atoms with Crippen LogP contribution >= 0.6 is 0 Å². The summed E-state index contributed by atoms with van der Waals surface area (Å²) < 4.78 is 44.7. The van der Waals surface area contributed by atoms with Crippen molar-refractivity contribution < 1.29 is 17.9 Å². The van der Waals surface area contributed by atoms with E-state index >= 15 is 0 Å². The minimum absolute atomic E-state index is 0.0450. The Hall–Kier alpha value is -1.58. The molecule has 2 aliphatic rings. The molecular formula is C15H21F3N5O. The van der Waals surface area contributed by atoms with Gasteiger partial charge in [-0.2, -0.15) is 13.2 Å². The van der Waals surface area contributed by atoms with Crippen LogP contribution in [0.2, 0.25) is 0 Å². The smallest absolute Gasteiger partial charge is 0.368 e. The summed E-state index contributed by atoms with van der Waals surface area (Å²) in [6, 6.07) is 1.20. The fourth-order valence-corrected chi connectivity index (χ4v) is 3.25. The van der Waals surface area contributed by atoms with Crippen LogP contribution < -0.4 is 21.3 Å². The lowest BCUT2D eigenvalue weighted by Gasteiger charge is -2.41. The van der Waals surface area contributed by atoms with Gasteiger partial charge in [-0.25, -0.2) is 0 Å². The second-order valence-electron chi connectivity index (χ2n) is 6.25. The average Bonchev–Trinajstić information content (AvgIpc) is 2.53. The first kappa shape index (κ1) is 17.2. The number of hydrogen-bond donors (Lipinski definition) is 2. The van der Waals surface area contributed by atoms with Gasteiger partial charge in [0.2, 0.25) is 0 Å². The third-order valence-electron chi connectivity index (χ3n) is 4.37. The largest absolute Gasteiger partial charge is 0.393 e. The Morgan fingerprint density at radius 1 is 1.12 bits per heavy atom. The highest BCUT2D eigenvalue weighted by atomic mass is 19.4. The maximum absolute atomic E-state index is 13.2. The molecule has 4 N–H and O–H groups in total. The first-order valence-electron chi connectivity index (χ1n) is 7.83. The highest BCUT2D eigenvalue weighted by molar-refractivity contribution is 5.70. The van der Waals surface area contributed by atoms with Crippen molar-refractivity contribution in [3.05, 3.63) is 25.1 Å². The number of alkyl halides is 3. The summed E-state index contributed by atoms with van der Waals surface area (Å²) in [5.41, 5.74) is 13.1. The van der Waals surface area contributed by atoms with E-state index in [2.05, 4.69) is 4.98 Å². The molecule has 2 saturated heterocycles. The summed E-state index contributed by atoms with van der Waals surface area (Å²) in [5, 5.41) is 0.